The number of aliphatic hydroxyl groups excluding tert-OH is 1. The number of halogens is 3. The summed E-state index contributed by atoms with van der Waals surface area (Å²) in [6.45, 7) is 3.79. The lowest BCUT2D eigenvalue weighted by Gasteiger charge is -1.99. The first-order valence-corrected chi connectivity index (χ1v) is 11.2. The van der Waals surface area contributed by atoms with Crippen molar-refractivity contribution in [2.75, 3.05) is 0 Å². The van der Waals surface area contributed by atoms with Gasteiger partial charge in [-0.15, -0.1) is 34.3 Å². The maximum absolute atomic E-state index is 12.7. The maximum Gasteiger partial charge on any atom is 0.123 e. The number of hydrogen-bond acceptors (Lipinski definition) is 5. The summed E-state index contributed by atoms with van der Waals surface area (Å²) in [5, 5.41) is 11.0. The molecule has 0 fully saturated rings. The third kappa shape index (κ3) is 5.49. The predicted octanol–water partition coefficient (Wildman–Crippen LogP) is 6.75. The number of alkyl halides is 1. The second-order valence-electron chi connectivity index (χ2n) is 6.31. The molecule has 0 aliphatic rings. The van der Waals surface area contributed by atoms with Crippen molar-refractivity contribution in [2.24, 2.45) is 0 Å². The summed E-state index contributed by atoms with van der Waals surface area (Å²) in [4.78, 5) is 10.6. The Morgan fingerprint density at radius 2 is 1.17 bits per heavy atom. The largest absolute Gasteiger partial charge is 0.391 e. The number of rotatable bonds is 4. The van der Waals surface area contributed by atoms with Gasteiger partial charge < -0.3 is 5.11 Å². The van der Waals surface area contributed by atoms with E-state index in [1.54, 1.807) is 35.6 Å². The summed E-state index contributed by atoms with van der Waals surface area (Å²) < 4.78 is 25.5. The SMILES string of the molecule is Cc1nc(-c2ccc(F)cc2)c(CCl)s1.Cc1nc(-c2ccc(F)cc2)c(CO)s1. The van der Waals surface area contributed by atoms with Crippen LogP contribution in [0, 0.1) is 25.5 Å². The van der Waals surface area contributed by atoms with Crippen LogP contribution >= 0.6 is 34.3 Å². The summed E-state index contributed by atoms with van der Waals surface area (Å²) >= 11 is 8.86. The van der Waals surface area contributed by atoms with Crippen LogP contribution in [0.5, 0.6) is 0 Å². The number of aromatic nitrogens is 2. The van der Waals surface area contributed by atoms with Gasteiger partial charge in [-0.1, -0.05) is 0 Å². The minimum Gasteiger partial charge on any atom is -0.391 e. The third-order valence-corrected chi connectivity index (χ3v) is 6.46. The van der Waals surface area contributed by atoms with Crippen molar-refractivity contribution in [2.45, 2.75) is 26.3 Å². The Bertz CT molecular complexity index is 1020. The van der Waals surface area contributed by atoms with Crippen LogP contribution in [0.4, 0.5) is 8.78 Å². The zero-order valence-corrected chi connectivity index (χ0v) is 18.7. The number of hydrogen-bond donors (Lipinski definition) is 1. The smallest absolute Gasteiger partial charge is 0.123 e. The van der Waals surface area contributed by atoms with Crippen molar-refractivity contribution in [3.8, 4) is 22.5 Å². The molecule has 1 N–H and O–H groups in total. The molecule has 4 aromatic rings. The van der Waals surface area contributed by atoms with E-state index in [4.69, 9.17) is 16.7 Å². The van der Waals surface area contributed by atoms with Gasteiger partial charge in [-0.2, -0.15) is 0 Å². The minimum absolute atomic E-state index is 0.0295. The van der Waals surface area contributed by atoms with E-state index in [1.807, 2.05) is 13.8 Å². The van der Waals surface area contributed by atoms with Crippen LogP contribution in [-0.2, 0) is 12.5 Å². The van der Waals surface area contributed by atoms with Gasteiger partial charge in [0, 0.05) is 16.0 Å². The lowest BCUT2D eigenvalue weighted by Crippen LogP contribution is -1.85. The molecular weight excluding hydrogens is 446 g/mol. The molecule has 2 aromatic carbocycles. The topological polar surface area (TPSA) is 46.0 Å². The number of nitrogens with zero attached hydrogens (tertiary/aromatic N) is 2. The Morgan fingerprint density at radius 3 is 1.57 bits per heavy atom. The highest BCUT2D eigenvalue weighted by atomic mass is 35.5. The molecule has 30 heavy (non-hydrogen) atoms. The Morgan fingerprint density at radius 1 is 0.767 bits per heavy atom. The molecule has 0 saturated heterocycles. The second kappa shape index (κ2) is 10.2. The van der Waals surface area contributed by atoms with Gasteiger partial charge >= 0.3 is 0 Å². The molecule has 8 heteroatoms. The minimum atomic E-state index is -0.267. The lowest BCUT2D eigenvalue weighted by molar-refractivity contribution is 0.286. The first-order valence-electron chi connectivity index (χ1n) is 9.02. The van der Waals surface area contributed by atoms with Gasteiger partial charge in [0.05, 0.1) is 38.8 Å². The average Bonchev–Trinajstić information content (AvgIpc) is 3.31. The number of benzene rings is 2. The van der Waals surface area contributed by atoms with E-state index in [0.29, 0.717) is 5.88 Å². The molecule has 0 unspecified atom stereocenters. The van der Waals surface area contributed by atoms with E-state index < -0.39 is 0 Å². The normalized spacial score (nSPS) is 10.6. The van der Waals surface area contributed by atoms with E-state index in [-0.39, 0.29) is 18.2 Å². The fraction of sp³-hybridized carbons (Fsp3) is 0.182. The Balaban J connectivity index is 0.000000171. The molecule has 2 aromatic heterocycles. The number of thiazole rings is 2. The average molecular weight is 465 g/mol. The molecule has 2 heterocycles. The van der Waals surface area contributed by atoms with Gasteiger partial charge in [-0.3, -0.25) is 0 Å². The van der Waals surface area contributed by atoms with Gasteiger partial charge in [0.15, 0.2) is 0 Å². The van der Waals surface area contributed by atoms with Crippen molar-refractivity contribution < 1.29 is 13.9 Å². The molecule has 0 atom stereocenters. The standard InChI is InChI=1S/C11H9ClFNS.C11H10FNOS/c1-7-14-11(10(6-12)15-7)8-2-4-9(13)5-3-8;1-7-13-11(10(6-14)15-7)8-2-4-9(12)5-3-8/h2-5H,6H2,1H3;2-5,14H,6H2,1H3. The van der Waals surface area contributed by atoms with Crippen molar-refractivity contribution in [1.82, 2.24) is 9.97 Å². The molecule has 156 valence electrons. The molecule has 0 saturated carbocycles. The van der Waals surface area contributed by atoms with E-state index in [2.05, 4.69) is 9.97 Å². The summed E-state index contributed by atoms with van der Waals surface area (Å²) in [6.07, 6.45) is 0. The summed E-state index contributed by atoms with van der Waals surface area (Å²) in [6, 6.07) is 12.4. The molecular formula is C22H19ClF2N2OS2. The number of aryl methyl sites for hydroxylation is 2. The maximum atomic E-state index is 12.7. The van der Waals surface area contributed by atoms with Crippen molar-refractivity contribution in [3.05, 3.63) is 79.9 Å². The highest BCUT2D eigenvalue weighted by molar-refractivity contribution is 7.12. The zero-order chi connectivity index (χ0) is 21.7. The van der Waals surface area contributed by atoms with Crippen LogP contribution < -0.4 is 0 Å². The van der Waals surface area contributed by atoms with E-state index >= 15 is 0 Å². The lowest BCUT2D eigenvalue weighted by atomic mass is 10.1. The predicted molar refractivity (Wildman–Crippen MR) is 120 cm³/mol. The highest BCUT2D eigenvalue weighted by Crippen LogP contribution is 2.29. The van der Waals surface area contributed by atoms with Crippen LogP contribution in [0.1, 0.15) is 19.8 Å². The fourth-order valence-electron chi connectivity index (χ4n) is 2.80. The Labute approximate surface area is 186 Å². The molecule has 0 spiro atoms. The summed E-state index contributed by atoms with van der Waals surface area (Å²) in [5.41, 5.74) is 3.37. The van der Waals surface area contributed by atoms with Crippen LogP contribution in [0.15, 0.2) is 48.5 Å². The van der Waals surface area contributed by atoms with E-state index in [0.717, 1.165) is 42.3 Å². The quantitative estimate of drug-likeness (QED) is 0.340. The molecule has 0 bridgehead atoms. The summed E-state index contributed by atoms with van der Waals surface area (Å²) in [5.74, 6) is -0.0625. The van der Waals surface area contributed by atoms with E-state index in [9.17, 15) is 8.78 Å². The highest BCUT2D eigenvalue weighted by Gasteiger charge is 2.11. The van der Waals surface area contributed by atoms with Gasteiger partial charge in [0.2, 0.25) is 0 Å². The molecule has 4 rings (SSSR count). The van der Waals surface area contributed by atoms with Gasteiger partial charge in [-0.05, 0) is 62.4 Å². The molecule has 3 nitrogen and oxygen atoms in total. The monoisotopic (exact) mass is 464 g/mol. The first kappa shape index (κ1) is 22.5. The van der Waals surface area contributed by atoms with Crippen LogP contribution in [-0.4, -0.2) is 15.1 Å². The Hall–Kier alpha value is -2.19. The molecule has 0 aliphatic heterocycles. The van der Waals surface area contributed by atoms with Gasteiger partial charge in [0.1, 0.15) is 11.6 Å². The van der Waals surface area contributed by atoms with Gasteiger partial charge in [0.25, 0.3) is 0 Å². The zero-order valence-electron chi connectivity index (χ0n) is 16.3. The Kier molecular flexibility index (Phi) is 7.66. The van der Waals surface area contributed by atoms with E-state index in [1.165, 1.54) is 35.6 Å². The second-order valence-corrected chi connectivity index (χ2v) is 9.16. The van der Waals surface area contributed by atoms with Crippen molar-refractivity contribution in [1.29, 1.82) is 0 Å². The molecule has 0 aliphatic carbocycles. The van der Waals surface area contributed by atoms with Crippen LogP contribution in [0.3, 0.4) is 0 Å². The molecule has 0 radical (unpaired) electrons. The van der Waals surface area contributed by atoms with Crippen LogP contribution in [0.25, 0.3) is 22.5 Å². The summed E-state index contributed by atoms with van der Waals surface area (Å²) in [7, 11) is 0. The van der Waals surface area contributed by atoms with Crippen LogP contribution in [0.2, 0.25) is 0 Å². The number of aliphatic hydroxyl groups is 1. The molecule has 0 amide bonds. The van der Waals surface area contributed by atoms with Crippen molar-refractivity contribution in [3.63, 3.8) is 0 Å². The third-order valence-electron chi connectivity index (χ3n) is 4.11. The first-order chi connectivity index (χ1) is 14.4. The van der Waals surface area contributed by atoms with Crippen molar-refractivity contribution >= 4 is 34.3 Å². The fourth-order valence-corrected chi connectivity index (χ4v) is 4.72. The van der Waals surface area contributed by atoms with Gasteiger partial charge in [-0.25, -0.2) is 18.7 Å².